The van der Waals surface area contributed by atoms with Crippen molar-refractivity contribution >= 4 is 0 Å². The molecule has 6 nitrogen and oxygen atoms in total. The smallest absolute Gasteiger partial charge is 0.257 e. The summed E-state index contributed by atoms with van der Waals surface area (Å²) in [6.07, 6.45) is 3.67. The Morgan fingerprint density at radius 3 is 2.74 bits per heavy atom. The molecule has 4 heterocycles. The van der Waals surface area contributed by atoms with Crippen molar-refractivity contribution in [1.29, 1.82) is 0 Å². The summed E-state index contributed by atoms with van der Waals surface area (Å²) in [4.78, 5) is 10.9. The highest BCUT2D eigenvalue weighted by Crippen LogP contribution is 2.34. The third-order valence-electron chi connectivity index (χ3n) is 5.12. The van der Waals surface area contributed by atoms with Crippen LogP contribution in [0.3, 0.4) is 0 Å². The molecule has 0 aliphatic carbocycles. The number of aryl methyl sites for hydroxylation is 1. The summed E-state index contributed by atoms with van der Waals surface area (Å²) in [5, 5.41) is 0. The van der Waals surface area contributed by atoms with Crippen molar-refractivity contribution in [1.82, 2.24) is 14.9 Å². The Labute approximate surface area is 158 Å². The first-order valence-electron chi connectivity index (χ1n) is 9.39. The van der Waals surface area contributed by atoms with Gasteiger partial charge in [0.2, 0.25) is 0 Å². The lowest BCUT2D eigenvalue weighted by Crippen LogP contribution is -2.40. The summed E-state index contributed by atoms with van der Waals surface area (Å²) < 4.78 is 31.5. The molecule has 2 aromatic heterocycles. The lowest BCUT2D eigenvalue weighted by molar-refractivity contribution is 0.0766. The van der Waals surface area contributed by atoms with Crippen LogP contribution in [-0.4, -0.2) is 47.3 Å². The molecule has 0 amide bonds. The molecular weight excluding hydrogens is 349 g/mol. The summed E-state index contributed by atoms with van der Waals surface area (Å²) in [5.41, 5.74) is 1.38. The Morgan fingerprint density at radius 1 is 1.22 bits per heavy atom. The van der Waals surface area contributed by atoms with E-state index in [9.17, 15) is 4.39 Å². The minimum absolute atomic E-state index is 0.136. The van der Waals surface area contributed by atoms with Crippen molar-refractivity contribution in [3.05, 3.63) is 41.6 Å². The first kappa shape index (κ1) is 18.0. The van der Waals surface area contributed by atoms with Crippen molar-refractivity contribution in [2.45, 2.75) is 38.8 Å². The topological polar surface area (TPSA) is 56.7 Å². The molecule has 0 spiro atoms. The number of rotatable bonds is 4. The molecule has 4 rings (SSSR count). The number of hydrogen-bond acceptors (Lipinski definition) is 6. The second-order valence-corrected chi connectivity index (χ2v) is 7.02. The first-order chi connectivity index (χ1) is 13.1. The zero-order valence-corrected chi connectivity index (χ0v) is 15.7. The Bertz CT molecular complexity index is 792. The zero-order valence-electron chi connectivity index (χ0n) is 15.7. The summed E-state index contributed by atoms with van der Waals surface area (Å²) >= 11 is 0. The van der Waals surface area contributed by atoms with Gasteiger partial charge < -0.3 is 14.2 Å². The van der Waals surface area contributed by atoms with Crippen LogP contribution in [0.2, 0.25) is 0 Å². The van der Waals surface area contributed by atoms with Crippen LogP contribution in [0, 0.1) is 12.7 Å². The lowest BCUT2D eigenvalue weighted by Gasteiger charge is -2.36. The van der Waals surface area contributed by atoms with E-state index in [-0.39, 0.29) is 18.0 Å². The number of ether oxygens (including phenoxy) is 3. The Balaban J connectivity index is 1.38. The normalized spacial score (nSPS) is 18.9. The second-order valence-electron chi connectivity index (χ2n) is 7.02. The largest absolute Gasteiger partial charge is 0.489 e. The van der Waals surface area contributed by atoms with E-state index < -0.39 is 0 Å². The van der Waals surface area contributed by atoms with Gasteiger partial charge in [0.1, 0.15) is 30.9 Å². The maximum absolute atomic E-state index is 14.5. The molecule has 0 N–H and O–H groups in total. The number of piperidine rings is 1. The van der Waals surface area contributed by atoms with E-state index in [0.717, 1.165) is 37.4 Å². The number of nitrogens with zero attached hydrogens (tertiary/aromatic N) is 3. The molecule has 0 aromatic carbocycles. The van der Waals surface area contributed by atoms with Crippen LogP contribution in [0.25, 0.3) is 0 Å². The molecule has 0 saturated carbocycles. The molecule has 0 radical (unpaired) electrons. The molecule has 0 bridgehead atoms. The van der Waals surface area contributed by atoms with Crippen molar-refractivity contribution in [3.8, 4) is 17.4 Å². The number of likely N-dealkylation sites (tertiary alicyclic amines) is 1. The number of pyridine rings is 2. The van der Waals surface area contributed by atoms with E-state index in [0.29, 0.717) is 30.5 Å². The third-order valence-corrected chi connectivity index (χ3v) is 5.12. The van der Waals surface area contributed by atoms with Gasteiger partial charge in [-0.25, -0.2) is 9.37 Å². The molecule has 2 aliphatic heterocycles. The molecule has 2 aliphatic rings. The molecule has 144 valence electrons. The van der Waals surface area contributed by atoms with Crippen molar-refractivity contribution < 1.29 is 18.6 Å². The fourth-order valence-corrected chi connectivity index (χ4v) is 3.53. The Morgan fingerprint density at radius 2 is 2.00 bits per heavy atom. The summed E-state index contributed by atoms with van der Waals surface area (Å²) in [7, 11) is 0. The van der Waals surface area contributed by atoms with Gasteiger partial charge in [0, 0.05) is 24.8 Å². The average Bonchev–Trinajstić information content (AvgIpc) is 2.69. The van der Waals surface area contributed by atoms with Gasteiger partial charge in [-0.1, -0.05) is 0 Å². The molecule has 1 atom stereocenters. The third kappa shape index (κ3) is 3.98. The summed E-state index contributed by atoms with van der Waals surface area (Å²) in [6.45, 7) is 6.44. The standard InChI is InChI=1S/C20H24FN3O3/c1-13-3-4-16(12-22-13)27-15-5-7-24(8-6-15)14(2)19-17(21)11-18-20(23-19)26-10-9-25-18/h3-4,11-12,14-15H,5-10H2,1-2H3. The van der Waals surface area contributed by atoms with Gasteiger partial charge in [-0.05, 0) is 38.8 Å². The van der Waals surface area contributed by atoms with Crippen molar-refractivity contribution in [2.24, 2.45) is 0 Å². The maximum atomic E-state index is 14.5. The SMILES string of the molecule is Cc1ccc(OC2CCN(C(C)c3nc4c(cc3F)OCCO4)CC2)cn1. The molecule has 1 fully saturated rings. The average molecular weight is 373 g/mol. The fraction of sp³-hybridized carbons (Fsp3) is 0.500. The Kier molecular flexibility index (Phi) is 5.11. The number of halogens is 1. The van der Waals surface area contributed by atoms with Crippen LogP contribution in [0.4, 0.5) is 4.39 Å². The van der Waals surface area contributed by atoms with Crippen LogP contribution >= 0.6 is 0 Å². The van der Waals surface area contributed by atoms with E-state index in [1.165, 1.54) is 6.07 Å². The predicted molar refractivity (Wildman–Crippen MR) is 97.8 cm³/mol. The zero-order chi connectivity index (χ0) is 18.8. The molecular formula is C20H24FN3O3. The highest BCUT2D eigenvalue weighted by atomic mass is 19.1. The monoisotopic (exact) mass is 373 g/mol. The number of aromatic nitrogens is 2. The van der Waals surface area contributed by atoms with E-state index in [1.807, 2.05) is 26.0 Å². The fourth-order valence-electron chi connectivity index (χ4n) is 3.53. The Hall–Kier alpha value is -2.41. The number of hydrogen-bond donors (Lipinski definition) is 0. The molecule has 1 unspecified atom stereocenters. The summed E-state index contributed by atoms with van der Waals surface area (Å²) in [6, 6.07) is 5.14. The van der Waals surface area contributed by atoms with Crippen LogP contribution in [0.1, 0.15) is 37.2 Å². The van der Waals surface area contributed by atoms with Gasteiger partial charge in [0.05, 0.1) is 17.9 Å². The molecule has 2 aromatic rings. The minimum Gasteiger partial charge on any atom is -0.489 e. The minimum atomic E-state index is -0.351. The van der Waals surface area contributed by atoms with Crippen LogP contribution < -0.4 is 14.2 Å². The van der Waals surface area contributed by atoms with Gasteiger partial charge in [0.25, 0.3) is 5.88 Å². The van der Waals surface area contributed by atoms with E-state index >= 15 is 0 Å². The van der Waals surface area contributed by atoms with Gasteiger partial charge in [-0.15, -0.1) is 0 Å². The molecule has 1 saturated heterocycles. The van der Waals surface area contributed by atoms with Gasteiger partial charge in [-0.2, -0.15) is 0 Å². The summed E-state index contributed by atoms with van der Waals surface area (Å²) in [5.74, 6) is 1.21. The van der Waals surface area contributed by atoms with Crippen LogP contribution in [0.5, 0.6) is 17.4 Å². The van der Waals surface area contributed by atoms with E-state index in [4.69, 9.17) is 14.2 Å². The maximum Gasteiger partial charge on any atom is 0.257 e. The molecule has 27 heavy (non-hydrogen) atoms. The highest BCUT2D eigenvalue weighted by molar-refractivity contribution is 5.37. The van der Waals surface area contributed by atoms with E-state index in [1.54, 1.807) is 6.20 Å². The lowest BCUT2D eigenvalue weighted by atomic mass is 10.0. The van der Waals surface area contributed by atoms with E-state index in [2.05, 4.69) is 14.9 Å². The number of fused-ring (bicyclic) bond motifs is 1. The van der Waals surface area contributed by atoms with Gasteiger partial charge in [-0.3, -0.25) is 9.88 Å². The van der Waals surface area contributed by atoms with Crippen molar-refractivity contribution in [2.75, 3.05) is 26.3 Å². The predicted octanol–water partition coefficient (Wildman–Crippen LogP) is 3.30. The quantitative estimate of drug-likeness (QED) is 0.820. The highest BCUT2D eigenvalue weighted by Gasteiger charge is 2.28. The van der Waals surface area contributed by atoms with Gasteiger partial charge >= 0.3 is 0 Å². The first-order valence-corrected chi connectivity index (χ1v) is 9.39. The molecule has 7 heteroatoms. The van der Waals surface area contributed by atoms with Crippen LogP contribution in [-0.2, 0) is 0 Å². The van der Waals surface area contributed by atoms with Crippen molar-refractivity contribution in [3.63, 3.8) is 0 Å². The second kappa shape index (κ2) is 7.68. The van der Waals surface area contributed by atoms with Crippen LogP contribution in [0.15, 0.2) is 24.4 Å². The van der Waals surface area contributed by atoms with Gasteiger partial charge in [0.15, 0.2) is 5.75 Å².